The van der Waals surface area contributed by atoms with Crippen molar-refractivity contribution in [2.45, 2.75) is 62.7 Å². The second kappa shape index (κ2) is 6.73. The zero-order valence-electron chi connectivity index (χ0n) is 14.2. The molecule has 2 heterocycles. The molecular weight excluding hydrogens is 336 g/mol. The fraction of sp³-hybridized carbons (Fsp3) is 0.938. The Labute approximate surface area is 145 Å². The third-order valence-electron chi connectivity index (χ3n) is 6.05. The lowest BCUT2D eigenvalue weighted by Crippen LogP contribution is -2.62. The van der Waals surface area contributed by atoms with Crippen molar-refractivity contribution in [1.29, 1.82) is 0 Å². The van der Waals surface area contributed by atoms with E-state index in [4.69, 9.17) is 14.2 Å². The van der Waals surface area contributed by atoms with E-state index in [2.05, 4.69) is 0 Å². The summed E-state index contributed by atoms with van der Waals surface area (Å²) in [6.45, 7) is 2.91. The maximum absolute atomic E-state index is 11.8. The predicted octanol–water partition coefficient (Wildman–Crippen LogP) is -2.25. The summed E-state index contributed by atoms with van der Waals surface area (Å²) < 4.78 is 16.4. The maximum atomic E-state index is 11.8. The molecule has 0 aromatic heterocycles. The van der Waals surface area contributed by atoms with Gasteiger partial charge in [-0.05, 0) is 19.3 Å². The standard InChI is InChI=1S/C16H26O9/c1-6-7-3-10(18)16(2,8(7)5-23-14(6)22)25-15-13(21)12(20)11(19)9(4-17)24-15/h6-13,15,17-21H,3-5H2,1-2H3. The molecule has 1 saturated carbocycles. The molecule has 0 bridgehead atoms. The van der Waals surface area contributed by atoms with Crippen LogP contribution in [0.25, 0.3) is 0 Å². The maximum Gasteiger partial charge on any atom is 0.308 e. The van der Waals surface area contributed by atoms with E-state index in [1.807, 2.05) is 0 Å². The van der Waals surface area contributed by atoms with E-state index >= 15 is 0 Å². The van der Waals surface area contributed by atoms with E-state index in [1.54, 1.807) is 13.8 Å². The van der Waals surface area contributed by atoms with Gasteiger partial charge in [0, 0.05) is 5.92 Å². The van der Waals surface area contributed by atoms with Crippen LogP contribution in [0.2, 0.25) is 0 Å². The largest absolute Gasteiger partial charge is 0.465 e. The minimum absolute atomic E-state index is 0.0822. The summed E-state index contributed by atoms with van der Waals surface area (Å²) in [4.78, 5) is 11.8. The zero-order valence-corrected chi connectivity index (χ0v) is 14.2. The Bertz CT molecular complexity index is 512. The van der Waals surface area contributed by atoms with Crippen molar-refractivity contribution in [3.8, 4) is 0 Å². The molecule has 2 aliphatic heterocycles. The Morgan fingerprint density at radius 3 is 2.52 bits per heavy atom. The Morgan fingerprint density at radius 1 is 1.20 bits per heavy atom. The average molecular weight is 362 g/mol. The molecule has 144 valence electrons. The molecule has 25 heavy (non-hydrogen) atoms. The van der Waals surface area contributed by atoms with Crippen LogP contribution in [0, 0.1) is 17.8 Å². The minimum atomic E-state index is -1.56. The summed E-state index contributed by atoms with van der Waals surface area (Å²) in [6, 6.07) is 0. The summed E-state index contributed by atoms with van der Waals surface area (Å²) in [5.41, 5.74) is -1.17. The highest BCUT2D eigenvalue weighted by molar-refractivity contribution is 5.73. The molecule has 9 heteroatoms. The fourth-order valence-electron chi connectivity index (χ4n) is 4.23. The lowest BCUT2D eigenvalue weighted by Gasteiger charge is -2.45. The monoisotopic (exact) mass is 362 g/mol. The van der Waals surface area contributed by atoms with Gasteiger partial charge in [0.1, 0.15) is 30.0 Å². The molecule has 0 spiro atoms. The molecule has 0 aromatic carbocycles. The number of carbonyl (C=O) groups is 1. The lowest BCUT2D eigenvalue weighted by atomic mass is 9.79. The first-order chi connectivity index (χ1) is 11.7. The third-order valence-corrected chi connectivity index (χ3v) is 6.05. The van der Waals surface area contributed by atoms with Crippen molar-refractivity contribution in [1.82, 2.24) is 0 Å². The number of hydrogen-bond acceptors (Lipinski definition) is 9. The fourth-order valence-corrected chi connectivity index (χ4v) is 4.23. The van der Waals surface area contributed by atoms with E-state index in [0.29, 0.717) is 6.42 Å². The zero-order chi connectivity index (χ0) is 18.5. The quantitative estimate of drug-likeness (QED) is 0.351. The molecule has 10 atom stereocenters. The number of fused-ring (bicyclic) bond motifs is 1. The second-order valence-electron chi connectivity index (χ2n) is 7.44. The van der Waals surface area contributed by atoms with Crippen molar-refractivity contribution < 1.29 is 44.5 Å². The van der Waals surface area contributed by atoms with E-state index in [0.717, 1.165) is 0 Å². The van der Waals surface area contributed by atoms with Crippen molar-refractivity contribution in [2.75, 3.05) is 13.2 Å². The summed E-state index contributed by atoms with van der Waals surface area (Å²) in [5.74, 6) is -1.13. The highest BCUT2D eigenvalue weighted by atomic mass is 16.7. The Hall–Kier alpha value is -0.810. The number of cyclic esters (lactones) is 1. The first-order valence-electron chi connectivity index (χ1n) is 8.53. The summed E-state index contributed by atoms with van der Waals surface area (Å²) in [6.07, 6.45) is -7.61. The van der Waals surface area contributed by atoms with Crippen LogP contribution in [0.4, 0.5) is 0 Å². The van der Waals surface area contributed by atoms with E-state index in [-0.39, 0.29) is 30.3 Å². The van der Waals surface area contributed by atoms with Gasteiger partial charge in [0.15, 0.2) is 6.29 Å². The van der Waals surface area contributed by atoms with Gasteiger partial charge in [0.2, 0.25) is 0 Å². The first-order valence-corrected chi connectivity index (χ1v) is 8.53. The van der Waals surface area contributed by atoms with Gasteiger partial charge < -0.3 is 39.7 Å². The molecule has 3 aliphatic rings. The van der Waals surface area contributed by atoms with Gasteiger partial charge in [0.05, 0.1) is 25.2 Å². The summed E-state index contributed by atoms with van der Waals surface area (Å²) >= 11 is 0. The Balaban J connectivity index is 1.80. The Morgan fingerprint density at radius 2 is 1.88 bits per heavy atom. The van der Waals surface area contributed by atoms with Gasteiger partial charge >= 0.3 is 5.97 Å². The van der Waals surface area contributed by atoms with Crippen molar-refractivity contribution in [3.63, 3.8) is 0 Å². The van der Waals surface area contributed by atoms with Crippen LogP contribution in [-0.2, 0) is 19.0 Å². The number of aliphatic hydroxyl groups is 5. The smallest absolute Gasteiger partial charge is 0.308 e. The van der Waals surface area contributed by atoms with Crippen LogP contribution >= 0.6 is 0 Å². The highest BCUT2D eigenvalue weighted by Crippen LogP contribution is 2.49. The molecule has 5 N–H and O–H groups in total. The summed E-state index contributed by atoms with van der Waals surface area (Å²) in [5, 5.41) is 49.7. The Kier molecular flexibility index (Phi) is 5.11. The van der Waals surface area contributed by atoms with Gasteiger partial charge in [-0.1, -0.05) is 6.92 Å². The molecule has 0 aromatic rings. The number of rotatable bonds is 3. The molecule has 3 fully saturated rings. The van der Waals surface area contributed by atoms with E-state index in [9.17, 15) is 30.3 Å². The molecule has 2 saturated heterocycles. The van der Waals surface area contributed by atoms with Crippen LogP contribution in [0.3, 0.4) is 0 Å². The van der Waals surface area contributed by atoms with Crippen LogP contribution in [0.1, 0.15) is 20.3 Å². The topological polar surface area (TPSA) is 146 Å². The molecule has 10 unspecified atom stereocenters. The summed E-state index contributed by atoms with van der Waals surface area (Å²) in [7, 11) is 0. The number of aliphatic hydroxyl groups excluding tert-OH is 5. The lowest BCUT2D eigenvalue weighted by molar-refractivity contribution is -0.338. The first kappa shape index (κ1) is 19.0. The number of hydrogen-bond donors (Lipinski definition) is 5. The van der Waals surface area contributed by atoms with Crippen molar-refractivity contribution >= 4 is 5.97 Å². The van der Waals surface area contributed by atoms with Gasteiger partial charge in [0.25, 0.3) is 0 Å². The van der Waals surface area contributed by atoms with E-state index < -0.39 is 49.0 Å². The van der Waals surface area contributed by atoms with Crippen molar-refractivity contribution in [3.05, 3.63) is 0 Å². The SMILES string of the molecule is CC1C(=O)OCC2C1CC(O)C2(C)OC1OC(CO)C(O)C(O)C1O. The van der Waals surface area contributed by atoms with E-state index in [1.165, 1.54) is 0 Å². The van der Waals surface area contributed by atoms with Crippen LogP contribution in [0.15, 0.2) is 0 Å². The number of ether oxygens (including phenoxy) is 3. The third kappa shape index (κ3) is 2.97. The van der Waals surface area contributed by atoms with Gasteiger partial charge in [-0.3, -0.25) is 4.79 Å². The van der Waals surface area contributed by atoms with Gasteiger partial charge in [-0.2, -0.15) is 0 Å². The molecular formula is C16H26O9. The number of carbonyl (C=O) groups excluding carboxylic acids is 1. The molecule has 0 radical (unpaired) electrons. The van der Waals surface area contributed by atoms with Crippen LogP contribution < -0.4 is 0 Å². The molecule has 9 nitrogen and oxygen atoms in total. The highest BCUT2D eigenvalue weighted by Gasteiger charge is 2.59. The van der Waals surface area contributed by atoms with Gasteiger partial charge in [-0.25, -0.2) is 0 Å². The predicted molar refractivity (Wildman–Crippen MR) is 81.0 cm³/mol. The second-order valence-corrected chi connectivity index (χ2v) is 7.44. The normalized spacial score (nSPS) is 53.4. The average Bonchev–Trinajstić information content (AvgIpc) is 2.83. The van der Waals surface area contributed by atoms with Crippen molar-refractivity contribution in [2.24, 2.45) is 17.8 Å². The molecule has 1 aliphatic carbocycles. The molecule has 3 rings (SSSR count). The van der Waals surface area contributed by atoms with Crippen LogP contribution in [0.5, 0.6) is 0 Å². The number of esters is 1. The van der Waals surface area contributed by atoms with Crippen LogP contribution in [-0.4, -0.2) is 87.1 Å². The van der Waals surface area contributed by atoms with Gasteiger partial charge in [-0.15, -0.1) is 0 Å². The minimum Gasteiger partial charge on any atom is -0.465 e. The molecule has 0 amide bonds.